The third-order valence-electron chi connectivity index (χ3n) is 13.1. The average Bonchev–Trinajstić information content (AvgIpc) is 1.76. The van der Waals surface area contributed by atoms with Crippen LogP contribution in [0.5, 0.6) is 23.0 Å². The van der Waals surface area contributed by atoms with Crippen LogP contribution >= 0.6 is 58.0 Å². The topological polar surface area (TPSA) is 611 Å². The Morgan fingerprint density at radius 1 is 0.565 bits per heavy atom. The number of nitrogens with one attached hydrogen (secondary N) is 3. The number of aromatic amines is 1. The van der Waals surface area contributed by atoms with Gasteiger partial charge in [0.05, 0.1) is 102 Å². The van der Waals surface area contributed by atoms with Gasteiger partial charge in [-0.3, -0.25) is 47.6 Å². The molecule has 7 heterocycles. The number of carboxylic acid groups (broad SMARTS) is 1. The van der Waals surface area contributed by atoms with E-state index in [1.165, 1.54) is 54.0 Å². The minimum absolute atomic E-state index is 0. The fourth-order valence-corrected chi connectivity index (χ4v) is 9.91. The van der Waals surface area contributed by atoms with Gasteiger partial charge in [-0.15, -0.1) is 11.6 Å². The summed E-state index contributed by atoms with van der Waals surface area (Å²) in [4.78, 5) is 114. The van der Waals surface area contributed by atoms with Crippen molar-refractivity contribution >= 4 is 151 Å². The number of rotatable bonds is 18. The Balaban J connectivity index is 0.00000133. The molecule has 0 unspecified atom stereocenters. The minimum Gasteiger partial charge on any atom is -0.870 e. The Hall–Kier alpha value is -11.5. The number of ketones is 5. The summed E-state index contributed by atoms with van der Waals surface area (Å²) in [6.45, 7) is 5.34. The number of para-hydroxylation sites is 3. The van der Waals surface area contributed by atoms with Crippen molar-refractivity contribution in [2.75, 3.05) is 74.1 Å². The van der Waals surface area contributed by atoms with E-state index in [-0.39, 0.29) is 149 Å². The van der Waals surface area contributed by atoms with E-state index in [0.29, 0.717) is 68.6 Å². The van der Waals surface area contributed by atoms with Crippen LogP contribution in [-0.2, 0) is 40.3 Å². The van der Waals surface area contributed by atoms with Crippen LogP contribution in [0.25, 0.3) is 34.2 Å². The van der Waals surface area contributed by atoms with Gasteiger partial charge in [0, 0.05) is 43.7 Å². The summed E-state index contributed by atoms with van der Waals surface area (Å²) in [6.07, 6.45) is 2.04. The van der Waals surface area contributed by atoms with Crippen molar-refractivity contribution in [3.8, 4) is 57.2 Å². The van der Waals surface area contributed by atoms with E-state index in [4.69, 9.17) is 98.5 Å². The van der Waals surface area contributed by atoms with Crippen LogP contribution in [-0.4, -0.2) is 161 Å². The molecule has 0 radical (unpaired) electrons. The first-order valence-electron chi connectivity index (χ1n) is 30.8. The van der Waals surface area contributed by atoms with Crippen LogP contribution < -0.4 is 84.1 Å². The zero-order valence-corrected chi connectivity index (χ0v) is 63.5. The van der Waals surface area contributed by atoms with Gasteiger partial charge in [0.1, 0.15) is 81.2 Å². The van der Waals surface area contributed by atoms with Gasteiger partial charge in [-0.05, 0) is 76.2 Å². The molecule has 574 valence electrons. The number of anilines is 9. The quantitative estimate of drug-likeness (QED) is 0.00911. The van der Waals surface area contributed by atoms with Crippen LogP contribution in [0.2, 0.25) is 20.5 Å². The van der Waals surface area contributed by atoms with Gasteiger partial charge in [0.2, 0.25) is 0 Å². The van der Waals surface area contributed by atoms with E-state index in [0.717, 1.165) is 11.6 Å². The molecule has 0 amide bonds. The maximum absolute atomic E-state index is 12.0. The smallest absolute Gasteiger partial charge is 0.870 e. The van der Waals surface area contributed by atoms with Crippen LogP contribution in [0.3, 0.4) is 0 Å². The first-order chi connectivity index (χ1) is 50.1. The van der Waals surface area contributed by atoms with Crippen molar-refractivity contribution in [3.63, 3.8) is 0 Å². The summed E-state index contributed by atoms with van der Waals surface area (Å²) in [5, 5.41) is 38.1. The number of pyridine rings is 4. The summed E-state index contributed by atoms with van der Waals surface area (Å²) in [6, 6.07) is 21.5. The van der Waals surface area contributed by atoms with Crippen LogP contribution in [0.1, 0.15) is 86.1 Å². The second kappa shape index (κ2) is 45.8. The number of nitrogens with zero attached hydrogens (tertiary/aromatic N) is 12. The fraction of sp³-hybridized carbons (Fsp3) is 0.215. The largest absolute Gasteiger partial charge is 1.00 e. The number of carbonyl (C=O) groups excluding carboxylic acids is 6. The molecule has 108 heavy (non-hydrogen) atoms. The molecule has 0 aliphatic rings. The predicted molar refractivity (Wildman–Crippen MR) is 405 cm³/mol. The molecular weight excluding hydrogens is 1520 g/mol. The fourth-order valence-electron chi connectivity index (χ4n) is 8.92. The number of hydrogen-bond donors (Lipinski definition) is 11. The number of carbonyl (C=O) groups is 7. The number of aromatic carboxylic acids is 1. The predicted octanol–water partition coefficient (Wildman–Crippen LogP) is 5.86. The molecule has 43 heteroatoms. The molecule has 3 aromatic carbocycles. The molecular formula is C65H77Cl5LiN21O16. The molecule has 0 saturated carbocycles. The first kappa shape index (κ1) is 90.7. The zero-order valence-electron chi connectivity index (χ0n) is 62.7. The summed E-state index contributed by atoms with van der Waals surface area (Å²) in [7, 11) is 11.2. The van der Waals surface area contributed by atoms with E-state index in [9.17, 15) is 43.5 Å². The van der Waals surface area contributed by atoms with Crippen molar-refractivity contribution in [2.24, 2.45) is 21.1 Å². The Bertz CT molecular complexity index is 4740. The number of Topliss-reactive ketones (excluding diaryl/α,β-unsaturated/α-hetero) is 5. The number of aromatic hydroxyl groups is 1. The van der Waals surface area contributed by atoms with E-state index in [2.05, 4.69) is 77.2 Å². The Morgan fingerprint density at radius 2 is 0.935 bits per heavy atom. The maximum Gasteiger partial charge on any atom is 1.00 e. The number of aryl methyl sites for hydroxylation is 3. The Kier molecular flexibility index (Phi) is 38.4. The summed E-state index contributed by atoms with van der Waals surface area (Å²) >= 11 is 27.7. The van der Waals surface area contributed by atoms with Crippen LogP contribution in [0, 0.1) is 0 Å². The third-order valence-corrected chi connectivity index (χ3v) is 14.0. The van der Waals surface area contributed by atoms with Crippen molar-refractivity contribution in [1.82, 2.24) is 70.4 Å². The number of hydrogen-bond acceptors (Lipinski definition) is 31. The first-order valence-corrected chi connectivity index (χ1v) is 31.2. The summed E-state index contributed by atoms with van der Waals surface area (Å²) in [5.74, 6) is -0.648. The molecule has 0 saturated heterocycles. The second-order valence-corrected chi connectivity index (χ2v) is 22.4. The van der Waals surface area contributed by atoms with Gasteiger partial charge >= 0.3 is 30.8 Å². The van der Waals surface area contributed by atoms with E-state index < -0.39 is 29.6 Å². The molecule has 21 N–H and O–H groups in total. The second-order valence-electron chi connectivity index (χ2n) is 20.8. The van der Waals surface area contributed by atoms with E-state index in [1.807, 2.05) is 31.3 Å². The molecule has 0 fully saturated rings. The number of methoxy groups -OCH3 is 4. The standard InChI is InChI=1S/C17H17ClN6O2.C16H15ClN6O3.C10H12N4O.C7H6Cl2N2O.C7H8N2O3.C7H10O4.CH3Cl.Li.H3N.2H2O/c1-9(25)14-12(7-13(18)22-16(14)19)21-11-6-4-5-10(15(11)26-3)17-20-8-24(2)23-17;1-23-7-19-15(22-23)8-4-3-5-9(13(8)26-2)20-10-6-11(17)21-14(18)12(10)16(24)25;1-14-6-12-10(13-14)7-4-3-5-8(11)9(7)15-2;1-3(12)6-4(8)2-5(9)11-7(6)10;1-3(10)6-4(11)2-5(12)9-7(6)8;1-5(8)3-6(9)4-7(10)11-2;1-2;;;;/h4-8H,1-3H3,(H3,19,21,22);3-7H,1-2H3,(H,24,25)(H3,18,20,21);3-6H,11H2,1-2H3;2H,1H3,(H2,10,11);2H,1H3,(H4,8,9,11,12);3-4H2,1-2H3;1H3;;1H3;2*1H2/q;;;;;;;+1;;;/p-1/i;;;;;;1D3;;;;. The number of carboxylic acids is 1. The van der Waals surface area contributed by atoms with E-state index in [1.54, 1.807) is 97.7 Å². The number of aromatic nitrogens is 13. The Labute approximate surface area is 657 Å². The SMILES string of the molecule is CC(=O)c1c(Cl)cc(Cl)nc1N.CC(=O)c1c(O)cc(=O)[nH]c1N.COC(=O)CC(=O)CC(C)=O.COc1c(N)cccc1-c1ncn(C)n1.COc1c(Nc2cc(Cl)nc(N)c2C(=O)O)cccc1-c1ncn(C)n1.COc1c(Nc2cc(Cl)nc(N)c2C(C)=O)cccc1-c1ncn(C)n1.N.O.[2H]C([2H])([2H])Cl.[Li+].[OH-]. The van der Waals surface area contributed by atoms with Crippen molar-refractivity contribution in [1.29, 1.82) is 0 Å². The molecule has 0 aliphatic heterocycles. The normalized spacial score (nSPS) is 10.2. The number of nitrogen functional groups attached to an aromatic ring is 5. The van der Waals surface area contributed by atoms with Crippen LogP contribution in [0.15, 0.2) is 103 Å². The van der Waals surface area contributed by atoms with Gasteiger partial charge in [-0.1, -0.05) is 64.6 Å². The molecule has 0 spiro atoms. The van der Waals surface area contributed by atoms with Gasteiger partial charge in [-0.2, -0.15) is 15.3 Å². The van der Waals surface area contributed by atoms with Gasteiger partial charge in [-0.25, -0.2) is 34.7 Å². The average molecular weight is 1600 g/mol. The molecule has 10 aromatic rings. The minimum atomic E-state index is -2.28. The molecule has 7 aromatic heterocycles. The van der Waals surface area contributed by atoms with Gasteiger partial charge < -0.3 is 90.5 Å². The number of nitrogens with two attached hydrogens (primary N) is 5. The molecule has 0 aliphatic carbocycles. The summed E-state index contributed by atoms with van der Waals surface area (Å²) < 4.78 is 43.4. The summed E-state index contributed by atoms with van der Waals surface area (Å²) in [5.41, 5.74) is 32.3. The molecule has 10 rings (SSSR count). The number of halogens is 5. The van der Waals surface area contributed by atoms with Gasteiger partial charge in [0.25, 0.3) is 5.56 Å². The molecule has 37 nitrogen and oxygen atoms in total. The molecule has 0 bridgehead atoms. The third kappa shape index (κ3) is 27.4. The number of esters is 1. The van der Waals surface area contributed by atoms with E-state index >= 15 is 0 Å². The maximum atomic E-state index is 12.0. The number of ether oxygens (including phenoxy) is 4. The van der Waals surface area contributed by atoms with Crippen LogP contribution in [0.4, 0.5) is 51.7 Å². The molecule has 0 atom stereocenters. The number of H-pyrrole nitrogens is 1. The van der Waals surface area contributed by atoms with Crippen molar-refractivity contribution in [2.45, 2.75) is 40.5 Å². The zero-order chi connectivity index (χ0) is 80.5. The van der Waals surface area contributed by atoms with Crippen molar-refractivity contribution < 1.29 is 96.6 Å². The number of benzene rings is 3. The number of alkyl halides is 1. The Morgan fingerprint density at radius 3 is 1.28 bits per heavy atom. The monoisotopic (exact) mass is 1590 g/mol. The van der Waals surface area contributed by atoms with Crippen molar-refractivity contribution in [3.05, 3.63) is 151 Å². The van der Waals surface area contributed by atoms with Gasteiger partial charge in [0.15, 0.2) is 57.9 Å².